The number of rotatable bonds is 3. The molecule has 3 aromatic carbocycles. The molecule has 0 radical (unpaired) electrons. The highest BCUT2D eigenvalue weighted by atomic mass is 35.5. The van der Waals surface area contributed by atoms with E-state index in [4.69, 9.17) is 34.8 Å². The number of carbonyl (C=O) groups is 1. The zero-order valence-electron chi connectivity index (χ0n) is 15.1. The molecule has 4 nitrogen and oxygen atoms in total. The maximum absolute atomic E-state index is 13.1. The summed E-state index contributed by atoms with van der Waals surface area (Å²) in [6.45, 7) is 0. The number of hydrogen-bond donors (Lipinski definition) is 1. The number of nitrogens with zero attached hydrogens (tertiary/aromatic N) is 2. The van der Waals surface area contributed by atoms with E-state index >= 15 is 0 Å². The van der Waals surface area contributed by atoms with Gasteiger partial charge in [-0.3, -0.25) is 0 Å². The average Bonchev–Trinajstić information content (AvgIpc) is 3.16. The standard InChI is InChI=1S/C22H16Cl3N3O/c23-16-9-5-14(6-10-16)20-13-21(15-7-11-17(24)12-8-15)28(27-20)22(29)26-19-4-2-1-3-18(19)25/h1-12,21H,13H2,(H,26,29). The van der Waals surface area contributed by atoms with E-state index in [1.54, 1.807) is 30.3 Å². The number of anilines is 1. The van der Waals surface area contributed by atoms with Crippen LogP contribution in [0.5, 0.6) is 0 Å². The quantitative estimate of drug-likeness (QED) is 0.463. The normalized spacial score (nSPS) is 15.9. The third kappa shape index (κ3) is 4.40. The zero-order chi connectivity index (χ0) is 20.4. The van der Waals surface area contributed by atoms with Crippen molar-refractivity contribution in [1.82, 2.24) is 5.01 Å². The Balaban J connectivity index is 1.66. The molecule has 1 aliphatic heterocycles. The number of amides is 2. The van der Waals surface area contributed by atoms with Crippen LogP contribution in [0.2, 0.25) is 15.1 Å². The lowest BCUT2D eigenvalue weighted by Crippen LogP contribution is -2.31. The van der Waals surface area contributed by atoms with Crippen molar-refractivity contribution in [2.24, 2.45) is 5.10 Å². The number of urea groups is 1. The van der Waals surface area contributed by atoms with E-state index in [1.807, 2.05) is 42.5 Å². The van der Waals surface area contributed by atoms with E-state index < -0.39 is 0 Å². The summed E-state index contributed by atoms with van der Waals surface area (Å²) < 4.78 is 0. The molecular weight excluding hydrogens is 429 g/mol. The van der Waals surface area contributed by atoms with Crippen molar-refractivity contribution in [2.45, 2.75) is 12.5 Å². The fourth-order valence-electron chi connectivity index (χ4n) is 3.19. The Hall–Kier alpha value is -2.53. The van der Waals surface area contributed by atoms with Crippen LogP contribution in [-0.2, 0) is 0 Å². The molecule has 0 aliphatic carbocycles. The lowest BCUT2D eigenvalue weighted by molar-refractivity contribution is 0.200. The van der Waals surface area contributed by atoms with Gasteiger partial charge in [0.1, 0.15) is 0 Å². The minimum atomic E-state index is -0.359. The maximum atomic E-state index is 13.1. The smallest absolute Gasteiger partial charge is 0.305 e. The molecule has 0 aromatic heterocycles. The fourth-order valence-corrected chi connectivity index (χ4v) is 3.63. The monoisotopic (exact) mass is 443 g/mol. The SMILES string of the molecule is O=C(Nc1ccccc1Cl)N1N=C(c2ccc(Cl)cc2)CC1c1ccc(Cl)cc1. The molecule has 4 rings (SSSR count). The largest absolute Gasteiger partial charge is 0.342 e. The first kappa shape index (κ1) is 19.8. The van der Waals surface area contributed by atoms with Crippen molar-refractivity contribution < 1.29 is 4.79 Å². The summed E-state index contributed by atoms with van der Waals surface area (Å²) in [5, 5.41) is 10.7. The molecule has 1 N–H and O–H groups in total. The molecule has 7 heteroatoms. The van der Waals surface area contributed by atoms with Gasteiger partial charge in [0.15, 0.2) is 0 Å². The summed E-state index contributed by atoms with van der Waals surface area (Å²) in [4.78, 5) is 13.1. The van der Waals surface area contributed by atoms with Gasteiger partial charge >= 0.3 is 6.03 Å². The van der Waals surface area contributed by atoms with E-state index in [0.29, 0.717) is 27.2 Å². The fraction of sp³-hybridized carbons (Fsp3) is 0.0909. The lowest BCUT2D eigenvalue weighted by atomic mass is 9.98. The van der Waals surface area contributed by atoms with Gasteiger partial charge in [-0.05, 0) is 47.5 Å². The topological polar surface area (TPSA) is 44.7 Å². The molecule has 1 aliphatic rings. The highest BCUT2D eigenvalue weighted by Crippen LogP contribution is 2.34. The van der Waals surface area contributed by atoms with E-state index in [2.05, 4.69) is 10.4 Å². The van der Waals surface area contributed by atoms with Gasteiger partial charge in [-0.25, -0.2) is 9.80 Å². The second kappa shape index (κ2) is 8.46. The van der Waals surface area contributed by atoms with Crippen LogP contribution in [0.15, 0.2) is 77.9 Å². The number of halogens is 3. The van der Waals surface area contributed by atoms with Crippen LogP contribution in [0.1, 0.15) is 23.6 Å². The highest BCUT2D eigenvalue weighted by molar-refractivity contribution is 6.33. The van der Waals surface area contributed by atoms with Crippen molar-refractivity contribution >= 4 is 52.2 Å². The zero-order valence-corrected chi connectivity index (χ0v) is 17.4. The summed E-state index contributed by atoms with van der Waals surface area (Å²) in [7, 11) is 0. The summed E-state index contributed by atoms with van der Waals surface area (Å²) in [6, 6.07) is 21.3. The summed E-state index contributed by atoms with van der Waals surface area (Å²) >= 11 is 18.2. The molecule has 3 aromatic rings. The summed E-state index contributed by atoms with van der Waals surface area (Å²) in [5.41, 5.74) is 3.19. The van der Waals surface area contributed by atoms with Crippen LogP contribution in [0.4, 0.5) is 10.5 Å². The lowest BCUT2D eigenvalue weighted by Gasteiger charge is -2.22. The molecule has 29 heavy (non-hydrogen) atoms. The Kier molecular flexibility index (Phi) is 5.76. The van der Waals surface area contributed by atoms with Gasteiger partial charge in [0.05, 0.1) is 22.5 Å². The van der Waals surface area contributed by atoms with Crippen LogP contribution in [0, 0.1) is 0 Å². The second-order valence-electron chi connectivity index (χ2n) is 6.58. The number of hydrogen-bond acceptors (Lipinski definition) is 2. The molecule has 146 valence electrons. The second-order valence-corrected chi connectivity index (χ2v) is 7.86. The first-order valence-electron chi connectivity index (χ1n) is 8.95. The van der Waals surface area contributed by atoms with Crippen molar-refractivity contribution in [3.63, 3.8) is 0 Å². The molecular formula is C22H16Cl3N3O. The number of para-hydroxylation sites is 1. The number of benzene rings is 3. The first-order valence-corrected chi connectivity index (χ1v) is 10.1. The van der Waals surface area contributed by atoms with E-state index in [-0.39, 0.29) is 12.1 Å². The summed E-state index contributed by atoms with van der Waals surface area (Å²) in [5.74, 6) is 0. The molecule has 0 fully saturated rings. The summed E-state index contributed by atoms with van der Waals surface area (Å²) in [6.07, 6.45) is 0.569. The molecule has 0 spiro atoms. The molecule has 1 atom stereocenters. The third-order valence-corrected chi connectivity index (χ3v) is 5.50. The minimum Gasteiger partial charge on any atom is -0.305 e. The molecule has 2 amide bonds. The predicted octanol–water partition coefficient (Wildman–Crippen LogP) is 7.03. The minimum absolute atomic E-state index is 0.263. The van der Waals surface area contributed by atoms with Crippen LogP contribution in [0.25, 0.3) is 0 Å². The Bertz CT molecular complexity index is 1070. The highest BCUT2D eigenvalue weighted by Gasteiger charge is 2.33. The van der Waals surface area contributed by atoms with Gasteiger partial charge in [0.25, 0.3) is 0 Å². The molecule has 1 unspecified atom stereocenters. The van der Waals surface area contributed by atoms with Gasteiger partial charge in [0.2, 0.25) is 0 Å². The van der Waals surface area contributed by atoms with Gasteiger partial charge < -0.3 is 5.32 Å². The first-order chi connectivity index (χ1) is 14.0. The molecule has 0 saturated heterocycles. The molecule has 0 bridgehead atoms. The van der Waals surface area contributed by atoms with E-state index in [0.717, 1.165) is 16.8 Å². The van der Waals surface area contributed by atoms with Crippen LogP contribution < -0.4 is 5.32 Å². The van der Waals surface area contributed by atoms with Crippen LogP contribution in [-0.4, -0.2) is 16.8 Å². The molecule has 1 heterocycles. The van der Waals surface area contributed by atoms with Gasteiger partial charge in [-0.2, -0.15) is 5.10 Å². The number of carbonyl (C=O) groups excluding carboxylic acids is 1. The Morgan fingerprint density at radius 3 is 2.17 bits per heavy atom. The van der Waals surface area contributed by atoms with Crippen molar-refractivity contribution in [1.29, 1.82) is 0 Å². The Morgan fingerprint density at radius 2 is 1.52 bits per heavy atom. The molecule has 0 saturated carbocycles. The Labute approximate surface area is 183 Å². The maximum Gasteiger partial charge on any atom is 0.342 e. The Morgan fingerprint density at radius 1 is 0.897 bits per heavy atom. The number of hydrazone groups is 1. The van der Waals surface area contributed by atoms with Gasteiger partial charge in [-0.15, -0.1) is 0 Å². The van der Waals surface area contributed by atoms with Crippen LogP contribution >= 0.6 is 34.8 Å². The van der Waals surface area contributed by atoms with Crippen molar-refractivity contribution in [3.8, 4) is 0 Å². The van der Waals surface area contributed by atoms with Crippen LogP contribution in [0.3, 0.4) is 0 Å². The third-order valence-electron chi connectivity index (χ3n) is 4.67. The van der Waals surface area contributed by atoms with E-state index in [1.165, 1.54) is 5.01 Å². The van der Waals surface area contributed by atoms with Crippen molar-refractivity contribution in [2.75, 3.05) is 5.32 Å². The number of nitrogens with one attached hydrogen (secondary N) is 1. The van der Waals surface area contributed by atoms with Gasteiger partial charge in [0, 0.05) is 16.5 Å². The predicted molar refractivity (Wildman–Crippen MR) is 119 cm³/mol. The van der Waals surface area contributed by atoms with Gasteiger partial charge in [-0.1, -0.05) is 71.2 Å². The van der Waals surface area contributed by atoms with Crippen molar-refractivity contribution in [3.05, 3.63) is 99.0 Å². The van der Waals surface area contributed by atoms with E-state index in [9.17, 15) is 4.79 Å². The average molecular weight is 445 g/mol.